The zero-order valence-electron chi connectivity index (χ0n) is 13.8. The molecule has 0 saturated carbocycles. The van der Waals surface area contributed by atoms with Crippen molar-refractivity contribution in [3.63, 3.8) is 0 Å². The molecule has 1 aromatic carbocycles. The molecule has 1 aliphatic rings. The lowest BCUT2D eigenvalue weighted by molar-refractivity contribution is 0.0756. The molecule has 1 aromatic rings. The van der Waals surface area contributed by atoms with Gasteiger partial charge >= 0.3 is 0 Å². The largest absolute Gasteiger partial charge is 0.387 e. The van der Waals surface area contributed by atoms with Crippen molar-refractivity contribution in [2.24, 2.45) is 11.3 Å². The molecule has 1 atom stereocenters. The van der Waals surface area contributed by atoms with Gasteiger partial charge in [0.15, 0.2) is 0 Å². The van der Waals surface area contributed by atoms with Gasteiger partial charge in [0.05, 0.1) is 5.56 Å². The number of amides is 1. The van der Waals surface area contributed by atoms with Crippen molar-refractivity contribution < 1.29 is 4.79 Å². The third kappa shape index (κ3) is 3.78. The second kappa shape index (κ2) is 6.50. The first-order valence-corrected chi connectivity index (χ1v) is 7.99. The Hall–Kier alpha value is -1.51. The van der Waals surface area contributed by atoms with Crippen LogP contribution >= 0.6 is 0 Å². The monoisotopic (exact) mass is 288 g/mol. The van der Waals surface area contributed by atoms with Gasteiger partial charge in [0.1, 0.15) is 0 Å². The van der Waals surface area contributed by atoms with Gasteiger partial charge in [-0.1, -0.05) is 32.9 Å². The Bertz CT molecular complexity index is 490. The molecule has 3 nitrogen and oxygen atoms in total. The fraction of sp³-hybridized carbons (Fsp3) is 0.611. The van der Waals surface area contributed by atoms with E-state index < -0.39 is 0 Å². The first-order valence-electron chi connectivity index (χ1n) is 7.99. The molecule has 2 rings (SSSR count). The fourth-order valence-corrected chi connectivity index (χ4v) is 3.22. The van der Waals surface area contributed by atoms with E-state index in [1.54, 1.807) is 0 Å². The van der Waals surface area contributed by atoms with Gasteiger partial charge < -0.3 is 10.2 Å². The van der Waals surface area contributed by atoms with Gasteiger partial charge in [0.25, 0.3) is 5.91 Å². The van der Waals surface area contributed by atoms with Crippen LogP contribution in [0.15, 0.2) is 24.3 Å². The van der Waals surface area contributed by atoms with Gasteiger partial charge in [-0.15, -0.1) is 0 Å². The highest BCUT2D eigenvalue weighted by Gasteiger charge is 2.29. The van der Waals surface area contributed by atoms with E-state index in [9.17, 15) is 4.79 Å². The van der Waals surface area contributed by atoms with Crippen molar-refractivity contribution in [2.75, 3.05) is 25.5 Å². The van der Waals surface area contributed by atoms with Crippen LogP contribution in [0.5, 0.6) is 0 Å². The summed E-state index contributed by atoms with van der Waals surface area (Å²) in [7, 11) is 1.87. The number of rotatable bonds is 2. The minimum absolute atomic E-state index is 0.162. The van der Waals surface area contributed by atoms with E-state index in [1.807, 2.05) is 36.2 Å². The third-order valence-electron chi connectivity index (χ3n) is 4.67. The van der Waals surface area contributed by atoms with E-state index in [0.29, 0.717) is 11.3 Å². The van der Waals surface area contributed by atoms with Gasteiger partial charge in [0, 0.05) is 25.8 Å². The summed E-state index contributed by atoms with van der Waals surface area (Å²) < 4.78 is 0. The molecule has 0 aromatic heterocycles. The second-order valence-electron chi connectivity index (χ2n) is 7.08. The summed E-state index contributed by atoms with van der Waals surface area (Å²) in [6, 6.07) is 7.77. The Morgan fingerprint density at radius 3 is 2.57 bits per heavy atom. The average Bonchev–Trinajstić information content (AvgIpc) is 2.72. The summed E-state index contributed by atoms with van der Waals surface area (Å²) in [6.45, 7) is 8.69. The first kappa shape index (κ1) is 15.9. The molecule has 1 unspecified atom stereocenters. The SMILES string of the molecule is CNc1ccccc1C(=O)N1CCCC(C(C)(C)C)CC1. The van der Waals surface area contributed by atoms with Crippen LogP contribution in [0.4, 0.5) is 5.69 Å². The summed E-state index contributed by atoms with van der Waals surface area (Å²) in [6.07, 6.45) is 3.44. The van der Waals surface area contributed by atoms with Crippen LogP contribution in [-0.2, 0) is 0 Å². The van der Waals surface area contributed by atoms with Crippen LogP contribution in [-0.4, -0.2) is 30.9 Å². The molecule has 1 heterocycles. The smallest absolute Gasteiger partial charge is 0.255 e. The number of nitrogens with one attached hydrogen (secondary N) is 1. The predicted octanol–water partition coefficient (Wildman–Crippen LogP) is 4.02. The van der Waals surface area contributed by atoms with E-state index >= 15 is 0 Å². The topological polar surface area (TPSA) is 32.3 Å². The Labute approximate surface area is 128 Å². The van der Waals surface area contributed by atoms with Gasteiger partial charge in [-0.2, -0.15) is 0 Å². The third-order valence-corrected chi connectivity index (χ3v) is 4.67. The molecule has 3 heteroatoms. The van der Waals surface area contributed by atoms with Crippen molar-refractivity contribution in [1.29, 1.82) is 0 Å². The molecule has 21 heavy (non-hydrogen) atoms. The van der Waals surface area contributed by atoms with E-state index in [4.69, 9.17) is 0 Å². The standard InChI is InChI=1S/C18H28N2O/c1-18(2,3)14-8-7-12-20(13-11-14)17(21)15-9-5-6-10-16(15)19-4/h5-6,9-10,14,19H,7-8,11-13H2,1-4H3. The van der Waals surface area contributed by atoms with E-state index in [2.05, 4.69) is 26.1 Å². The fourth-order valence-electron chi connectivity index (χ4n) is 3.22. The van der Waals surface area contributed by atoms with E-state index in [1.165, 1.54) is 6.42 Å². The number of benzene rings is 1. The maximum absolute atomic E-state index is 12.8. The minimum atomic E-state index is 0.162. The van der Waals surface area contributed by atoms with Gasteiger partial charge in [-0.3, -0.25) is 4.79 Å². The normalized spacial score (nSPS) is 20.0. The summed E-state index contributed by atoms with van der Waals surface area (Å²) in [4.78, 5) is 14.8. The molecule has 0 aliphatic carbocycles. The number of carbonyl (C=O) groups excluding carboxylic acids is 1. The Kier molecular flexibility index (Phi) is 4.92. The Balaban J connectivity index is 2.10. The number of hydrogen-bond donors (Lipinski definition) is 1. The highest BCUT2D eigenvalue weighted by molar-refractivity contribution is 5.99. The number of likely N-dealkylation sites (tertiary alicyclic amines) is 1. The van der Waals surface area contributed by atoms with Crippen molar-refractivity contribution in [1.82, 2.24) is 4.90 Å². The van der Waals surface area contributed by atoms with Crippen LogP contribution in [0.2, 0.25) is 0 Å². The molecule has 116 valence electrons. The van der Waals surface area contributed by atoms with Crippen molar-refractivity contribution in [3.8, 4) is 0 Å². The molecule has 1 aliphatic heterocycles. The molecule has 1 saturated heterocycles. The zero-order valence-corrected chi connectivity index (χ0v) is 13.8. The molecule has 1 N–H and O–H groups in total. The van der Waals surface area contributed by atoms with E-state index in [-0.39, 0.29) is 5.91 Å². The van der Waals surface area contributed by atoms with Crippen molar-refractivity contribution >= 4 is 11.6 Å². The summed E-state index contributed by atoms with van der Waals surface area (Å²) in [5, 5.41) is 3.12. The molecule has 1 fully saturated rings. The highest BCUT2D eigenvalue weighted by Crippen LogP contribution is 2.34. The maximum Gasteiger partial charge on any atom is 0.255 e. The van der Waals surface area contributed by atoms with E-state index in [0.717, 1.165) is 37.2 Å². The lowest BCUT2D eigenvalue weighted by Gasteiger charge is -2.29. The Morgan fingerprint density at radius 1 is 1.19 bits per heavy atom. The number of hydrogen-bond acceptors (Lipinski definition) is 2. The van der Waals surface area contributed by atoms with Crippen LogP contribution in [0.25, 0.3) is 0 Å². The maximum atomic E-state index is 12.8. The number of carbonyl (C=O) groups is 1. The molecule has 0 spiro atoms. The summed E-state index contributed by atoms with van der Waals surface area (Å²) in [5.74, 6) is 0.865. The van der Waals surface area contributed by atoms with Crippen LogP contribution < -0.4 is 5.32 Å². The highest BCUT2D eigenvalue weighted by atomic mass is 16.2. The van der Waals surface area contributed by atoms with Crippen LogP contribution in [0, 0.1) is 11.3 Å². The van der Waals surface area contributed by atoms with Gasteiger partial charge in [0.2, 0.25) is 0 Å². The van der Waals surface area contributed by atoms with Crippen molar-refractivity contribution in [3.05, 3.63) is 29.8 Å². The molecule has 0 radical (unpaired) electrons. The molecule has 0 bridgehead atoms. The number of nitrogens with zero attached hydrogens (tertiary/aromatic N) is 1. The van der Waals surface area contributed by atoms with Gasteiger partial charge in [-0.25, -0.2) is 0 Å². The van der Waals surface area contributed by atoms with Crippen LogP contribution in [0.3, 0.4) is 0 Å². The molecule has 1 amide bonds. The summed E-state index contributed by atoms with van der Waals surface area (Å²) >= 11 is 0. The lowest BCUT2D eigenvalue weighted by atomic mass is 9.77. The zero-order chi connectivity index (χ0) is 15.5. The first-order chi connectivity index (χ1) is 9.93. The van der Waals surface area contributed by atoms with Gasteiger partial charge in [-0.05, 0) is 42.7 Å². The molecular weight excluding hydrogens is 260 g/mol. The minimum Gasteiger partial charge on any atom is -0.387 e. The van der Waals surface area contributed by atoms with Crippen molar-refractivity contribution in [2.45, 2.75) is 40.0 Å². The average molecular weight is 288 g/mol. The van der Waals surface area contributed by atoms with Crippen LogP contribution in [0.1, 0.15) is 50.4 Å². The number of anilines is 1. The second-order valence-corrected chi connectivity index (χ2v) is 7.08. The molecular formula is C18H28N2O. The Morgan fingerprint density at radius 2 is 1.90 bits per heavy atom. The number of para-hydroxylation sites is 1. The summed E-state index contributed by atoms with van der Waals surface area (Å²) in [5.41, 5.74) is 2.04. The lowest BCUT2D eigenvalue weighted by Crippen LogP contribution is -2.33. The quantitative estimate of drug-likeness (QED) is 0.891. The predicted molar refractivity (Wildman–Crippen MR) is 88.7 cm³/mol.